The zero-order valence-corrected chi connectivity index (χ0v) is 12.9. The van der Waals surface area contributed by atoms with Gasteiger partial charge in [0, 0.05) is 14.1 Å². The van der Waals surface area contributed by atoms with E-state index in [1.807, 2.05) is 49.3 Å². The van der Waals surface area contributed by atoms with E-state index in [4.69, 9.17) is 9.47 Å². The molecule has 1 aromatic rings. The number of amidine groups is 1. The zero-order chi connectivity index (χ0) is 14.8. The van der Waals surface area contributed by atoms with Gasteiger partial charge in [0.15, 0.2) is 11.3 Å². The molecule has 1 fully saturated rings. The van der Waals surface area contributed by atoms with E-state index in [1.165, 1.54) is 11.8 Å². The molecule has 0 radical (unpaired) electrons. The van der Waals surface area contributed by atoms with Gasteiger partial charge in [0.25, 0.3) is 0 Å². The van der Waals surface area contributed by atoms with Crippen LogP contribution in [0.3, 0.4) is 0 Å². The SMILES string of the molecule is CN(C)C1=NC2C(OCC(OCc3ccccc3)C2F)S1. The molecule has 4 nitrogen and oxygen atoms in total. The molecule has 4 unspecified atom stereocenters. The van der Waals surface area contributed by atoms with Crippen molar-refractivity contribution >= 4 is 16.9 Å². The van der Waals surface area contributed by atoms with Crippen molar-refractivity contribution in [3.05, 3.63) is 35.9 Å². The monoisotopic (exact) mass is 310 g/mol. The second kappa shape index (κ2) is 6.34. The Morgan fingerprint density at radius 3 is 2.86 bits per heavy atom. The van der Waals surface area contributed by atoms with Crippen LogP contribution in [0.1, 0.15) is 5.56 Å². The first-order valence-electron chi connectivity index (χ1n) is 6.98. The molecule has 0 bridgehead atoms. The van der Waals surface area contributed by atoms with Crippen LogP contribution < -0.4 is 0 Å². The predicted octanol–water partition coefficient (Wildman–Crippen LogP) is 2.30. The van der Waals surface area contributed by atoms with Gasteiger partial charge in [-0.3, -0.25) is 4.99 Å². The number of aliphatic imine (C=N–C) groups is 1. The minimum absolute atomic E-state index is 0.228. The van der Waals surface area contributed by atoms with Gasteiger partial charge in [-0.2, -0.15) is 0 Å². The fourth-order valence-electron chi connectivity index (χ4n) is 2.39. The number of hydrogen-bond acceptors (Lipinski definition) is 5. The lowest BCUT2D eigenvalue weighted by molar-refractivity contribution is -0.114. The predicted molar refractivity (Wildman–Crippen MR) is 82.2 cm³/mol. The van der Waals surface area contributed by atoms with Crippen molar-refractivity contribution in [3.8, 4) is 0 Å². The Hall–Kier alpha value is -1.11. The summed E-state index contributed by atoms with van der Waals surface area (Å²) in [5, 5.41) is 0.816. The second-order valence-electron chi connectivity index (χ2n) is 5.40. The summed E-state index contributed by atoms with van der Waals surface area (Å²) < 4.78 is 26.0. The molecule has 2 heterocycles. The lowest BCUT2D eigenvalue weighted by Gasteiger charge is -2.33. The fraction of sp³-hybridized carbons (Fsp3) is 0.533. The Balaban J connectivity index is 1.61. The van der Waals surface area contributed by atoms with Crippen LogP contribution in [0.15, 0.2) is 35.3 Å². The van der Waals surface area contributed by atoms with Crippen LogP contribution in [0, 0.1) is 0 Å². The summed E-state index contributed by atoms with van der Waals surface area (Å²) in [6, 6.07) is 9.30. The molecule has 4 atom stereocenters. The molecule has 1 saturated heterocycles. The lowest BCUT2D eigenvalue weighted by Crippen LogP contribution is -2.48. The topological polar surface area (TPSA) is 34.1 Å². The highest BCUT2D eigenvalue weighted by Gasteiger charge is 2.46. The number of fused-ring (bicyclic) bond motifs is 1. The average Bonchev–Trinajstić information content (AvgIpc) is 2.93. The molecule has 0 spiro atoms. The van der Waals surface area contributed by atoms with Crippen LogP contribution in [-0.4, -0.2) is 54.5 Å². The van der Waals surface area contributed by atoms with Crippen molar-refractivity contribution in [3.63, 3.8) is 0 Å². The molecule has 0 aromatic heterocycles. The van der Waals surface area contributed by atoms with Crippen LogP contribution in [0.2, 0.25) is 0 Å². The van der Waals surface area contributed by atoms with E-state index in [0.29, 0.717) is 6.61 Å². The number of ether oxygens (including phenoxy) is 2. The molecule has 0 amide bonds. The number of nitrogens with zero attached hydrogens (tertiary/aromatic N) is 2. The first-order chi connectivity index (χ1) is 10.1. The molecule has 6 heteroatoms. The van der Waals surface area contributed by atoms with Gasteiger partial charge in [-0.25, -0.2) is 4.39 Å². The van der Waals surface area contributed by atoms with E-state index in [9.17, 15) is 4.39 Å². The highest BCUT2D eigenvalue weighted by molar-refractivity contribution is 8.14. The van der Waals surface area contributed by atoms with Crippen molar-refractivity contribution in [1.29, 1.82) is 0 Å². The van der Waals surface area contributed by atoms with Crippen molar-refractivity contribution < 1.29 is 13.9 Å². The molecule has 114 valence electrons. The van der Waals surface area contributed by atoms with Crippen molar-refractivity contribution in [2.24, 2.45) is 4.99 Å². The maximum absolute atomic E-state index is 14.6. The molecule has 0 saturated carbocycles. The van der Waals surface area contributed by atoms with E-state index in [-0.39, 0.29) is 12.0 Å². The number of halogens is 1. The summed E-state index contributed by atoms with van der Waals surface area (Å²) in [5.41, 5.74) is 0.805. The Morgan fingerprint density at radius 2 is 2.14 bits per heavy atom. The molecular formula is C15H19FN2O2S. The summed E-state index contributed by atoms with van der Waals surface area (Å²) in [5.74, 6) is 0. The van der Waals surface area contributed by atoms with Crippen molar-refractivity contribution in [2.45, 2.75) is 30.4 Å². The van der Waals surface area contributed by atoms with Gasteiger partial charge < -0.3 is 14.4 Å². The van der Waals surface area contributed by atoms with Gasteiger partial charge in [0.05, 0.1) is 13.2 Å². The standard InChI is InChI=1S/C15H19FN2O2S/c1-18(2)15-17-13-12(16)11(9-20-14(13)21-15)19-8-10-6-4-3-5-7-10/h3-7,11-14H,8-9H2,1-2H3. The quantitative estimate of drug-likeness (QED) is 0.858. The number of thioether (sulfide) groups is 1. The third kappa shape index (κ3) is 3.22. The molecule has 0 aliphatic carbocycles. The van der Waals surface area contributed by atoms with Crippen LogP contribution >= 0.6 is 11.8 Å². The minimum atomic E-state index is -1.13. The Morgan fingerprint density at radius 1 is 1.38 bits per heavy atom. The second-order valence-corrected chi connectivity index (χ2v) is 6.46. The van der Waals surface area contributed by atoms with Gasteiger partial charge in [-0.05, 0) is 5.56 Å². The summed E-state index contributed by atoms with van der Waals surface area (Å²) >= 11 is 1.48. The third-order valence-corrected chi connectivity index (χ3v) is 4.88. The van der Waals surface area contributed by atoms with Crippen molar-refractivity contribution in [1.82, 2.24) is 4.90 Å². The Labute approximate surface area is 128 Å². The normalized spacial score (nSPS) is 31.7. The van der Waals surface area contributed by atoms with Gasteiger partial charge in [-0.1, -0.05) is 42.1 Å². The number of rotatable bonds is 3. The molecule has 2 aliphatic rings. The molecule has 1 aromatic carbocycles. The van der Waals surface area contributed by atoms with Crippen LogP contribution in [0.25, 0.3) is 0 Å². The molecular weight excluding hydrogens is 291 g/mol. The zero-order valence-electron chi connectivity index (χ0n) is 12.1. The smallest absolute Gasteiger partial charge is 0.161 e. The highest BCUT2D eigenvalue weighted by atomic mass is 32.2. The van der Waals surface area contributed by atoms with E-state index >= 15 is 0 Å². The Bertz CT molecular complexity index is 512. The molecule has 2 aliphatic heterocycles. The van der Waals surface area contributed by atoms with Crippen LogP contribution in [0.4, 0.5) is 4.39 Å². The van der Waals surface area contributed by atoms with E-state index in [1.54, 1.807) is 0 Å². The van der Waals surface area contributed by atoms with Crippen molar-refractivity contribution in [2.75, 3.05) is 20.7 Å². The summed E-state index contributed by atoms with van der Waals surface area (Å²) in [7, 11) is 3.81. The van der Waals surface area contributed by atoms with Crippen LogP contribution in [-0.2, 0) is 16.1 Å². The molecule has 3 rings (SSSR count). The van der Waals surface area contributed by atoms with E-state index in [0.717, 1.165) is 10.7 Å². The average molecular weight is 310 g/mol. The first-order valence-corrected chi connectivity index (χ1v) is 7.86. The van der Waals surface area contributed by atoms with E-state index < -0.39 is 18.3 Å². The van der Waals surface area contributed by atoms with Gasteiger partial charge in [-0.15, -0.1) is 0 Å². The fourth-order valence-corrected chi connectivity index (χ4v) is 3.48. The molecule has 0 N–H and O–H groups in total. The van der Waals surface area contributed by atoms with Crippen LogP contribution in [0.5, 0.6) is 0 Å². The number of hydrogen-bond donors (Lipinski definition) is 0. The van der Waals surface area contributed by atoms with Gasteiger partial charge in [0.2, 0.25) is 0 Å². The first kappa shape index (κ1) is 14.8. The maximum atomic E-state index is 14.6. The van der Waals surface area contributed by atoms with Gasteiger partial charge in [0.1, 0.15) is 17.6 Å². The maximum Gasteiger partial charge on any atom is 0.161 e. The minimum Gasteiger partial charge on any atom is -0.368 e. The lowest BCUT2D eigenvalue weighted by atomic mass is 10.1. The summed E-state index contributed by atoms with van der Waals surface area (Å²) in [4.78, 5) is 6.31. The largest absolute Gasteiger partial charge is 0.368 e. The van der Waals surface area contributed by atoms with E-state index in [2.05, 4.69) is 4.99 Å². The third-order valence-electron chi connectivity index (χ3n) is 3.56. The Kier molecular flexibility index (Phi) is 4.47. The number of benzene rings is 1. The molecule has 21 heavy (non-hydrogen) atoms. The highest BCUT2D eigenvalue weighted by Crippen LogP contribution is 2.36. The summed E-state index contributed by atoms with van der Waals surface area (Å²) in [6.07, 6.45) is -1.69. The number of alkyl halides is 1. The summed E-state index contributed by atoms with van der Waals surface area (Å²) in [6.45, 7) is 0.669. The van der Waals surface area contributed by atoms with Gasteiger partial charge >= 0.3 is 0 Å².